The first-order valence-corrected chi connectivity index (χ1v) is 6.62. The average molecular weight is 315 g/mol. The molecule has 3 rings (SSSR count). The van der Waals surface area contributed by atoms with Gasteiger partial charge in [0, 0.05) is 21.6 Å². The first kappa shape index (κ1) is 12.0. The van der Waals surface area contributed by atoms with E-state index in [2.05, 4.69) is 25.9 Å². The van der Waals surface area contributed by atoms with E-state index >= 15 is 0 Å². The number of fused-ring (bicyclic) bond motifs is 1. The lowest BCUT2D eigenvalue weighted by Crippen LogP contribution is -1.79. The Morgan fingerprint density at radius 2 is 1.89 bits per heavy atom. The maximum atomic E-state index is 9.94. The van der Waals surface area contributed by atoms with Gasteiger partial charge < -0.3 is 10.1 Å². The van der Waals surface area contributed by atoms with Gasteiger partial charge in [-0.15, -0.1) is 0 Å². The Morgan fingerprint density at radius 1 is 1.11 bits per heavy atom. The number of H-pyrrole nitrogens is 1. The zero-order valence-electron chi connectivity index (χ0n) is 9.97. The lowest BCUT2D eigenvalue weighted by atomic mass is 10.2. The molecule has 19 heavy (non-hydrogen) atoms. The van der Waals surface area contributed by atoms with Crippen molar-refractivity contribution >= 4 is 38.7 Å². The normalized spacial score (nSPS) is 11.4. The van der Waals surface area contributed by atoms with E-state index in [1.54, 1.807) is 6.21 Å². The van der Waals surface area contributed by atoms with Crippen LogP contribution in [0.3, 0.4) is 0 Å². The van der Waals surface area contributed by atoms with Crippen LogP contribution in [0.15, 0.2) is 58.0 Å². The van der Waals surface area contributed by atoms with Gasteiger partial charge in [-0.1, -0.05) is 34.1 Å². The zero-order valence-corrected chi connectivity index (χ0v) is 11.6. The van der Waals surface area contributed by atoms with Gasteiger partial charge in [0.1, 0.15) is 0 Å². The molecular weight excluding hydrogens is 304 g/mol. The number of hydrogen-bond acceptors (Lipinski definition) is 2. The molecule has 0 aliphatic carbocycles. The molecule has 0 amide bonds. The van der Waals surface area contributed by atoms with Crippen molar-refractivity contribution in [3.05, 3.63) is 58.6 Å². The molecule has 0 aliphatic heterocycles. The van der Waals surface area contributed by atoms with Crippen LogP contribution in [0.4, 0.5) is 5.69 Å². The number of aliphatic imine (C=N–C) groups is 1. The van der Waals surface area contributed by atoms with Gasteiger partial charge in [-0.3, -0.25) is 4.99 Å². The summed E-state index contributed by atoms with van der Waals surface area (Å²) in [6.45, 7) is 0. The summed E-state index contributed by atoms with van der Waals surface area (Å²) in [7, 11) is 0. The van der Waals surface area contributed by atoms with Crippen LogP contribution in [0.1, 0.15) is 5.56 Å². The highest BCUT2D eigenvalue weighted by Crippen LogP contribution is 2.28. The molecule has 4 heteroatoms. The highest BCUT2D eigenvalue weighted by Gasteiger charge is 2.08. The van der Waals surface area contributed by atoms with E-state index < -0.39 is 0 Å². The van der Waals surface area contributed by atoms with Crippen LogP contribution in [0.5, 0.6) is 5.88 Å². The molecule has 0 saturated carbocycles. The summed E-state index contributed by atoms with van der Waals surface area (Å²) >= 11 is 3.43. The maximum Gasteiger partial charge on any atom is 0.198 e. The largest absolute Gasteiger partial charge is 0.494 e. The van der Waals surface area contributed by atoms with Crippen LogP contribution in [0.2, 0.25) is 0 Å². The lowest BCUT2D eigenvalue weighted by molar-refractivity contribution is 0.457. The van der Waals surface area contributed by atoms with Crippen molar-refractivity contribution in [2.75, 3.05) is 0 Å². The Balaban J connectivity index is 2.07. The summed E-state index contributed by atoms with van der Waals surface area (Å²) in [4.78, 5) is 7.30. The Labute approximate surface area is 118 Å². The number of nitrogens with one attached hydrogen (secondary N) is 1. The molecular formula is C15H11BrN2O. The van der Waals surface area contributed by atoms with Crippen molar-refractivity contribution in [2.45, 2.75) is 0 Å². The predicted octanol–water partition coefficient (Wildman–Crippen LogP) is 4.39. The van der Waals surface area contributed by atoms with Crippen LogP contribution in [0.25, 0.3) is 10.9 Å². The number of hydrogen-bond donors (Lipinski definition) is 2. The van der Waals surface area contributed by atoms with Crippen molar-refractivity contribution in [1.29, 1.82) is 0 Å². The Bertz CT molecular complexity index is 747. The van der Waals surface area contributed by atoms with E-state index in [4.69, 9.17) is 0 Å². The van der Waals surface area contributed by atoms with Crippen LogP contribution < -0.4 is 0 Å². The Morgan fingerprint density at radius 3 is 2.68 bits per heavy atom. The first-order chi connectivity index (χ1) is 9.24. The topological polar surface area (TPSA) is 48.4 Å². The minimum absolute atomic E-state index is 0.132. The standard InChI is InChI=1S/C15H11BrN2O/c16-10-6-7-14-12(8-10)13(15(19)18-14)9-17-11-4-2-1-3-5-11/h1-9,18-19H. The fourth-order valence-electron chi connectivity index (χ4n) is 1.95. The number of aromatic hydroxyl groups is 1. The Kier molecular flexibility index (Phi) is 3.09. The predicted molar refractivity (Wildman–Crippen MR) is 81.4 cm³/mol. The molecule has 0 bridgehead atoms. The number of halogens is 1. The molecule has 1 aromatic heterocycles. The van der Waals surface area contributed by atoms with Crippen LogP contribution in [-0.4, -0.2) is 16.3 Å². The smallest absolute Gasteiger partial charge is 0.198 e. The van der Waals surface area contributed by atoms with Gasteiger partial charge in [0.05, 0.1) is 11.3 Å². The highest BCUT2D eigenvalue weighted by molar-refractivity contribution is 9.10. The zero-order chi connectivity index (χ0) is 13.2. The van der Waals surface area contributed by atoms with Crippen LogP contribution >= 0.6 is 15.9 Å². The van der Waals surface area contributed by atoms with Gasteiger partial charge in [-0.05, 0) is 30.3 Å². The third-order valence-corrected chi connectivity index (χ3v) is 3.37. The highest BCUT2D eigenvalue weighted by atomic mass is 79.9. The number of benzene rings is 2. The summed E-state index contributed by atoms with van der Waals surface area (Å²) in [6, 6.07) is 15.4. The monoisotopic (exact) mass is 314 g/mol. The second kappa shape index (κ2) is 4.90. The minimum atomic E-state index is 0.132. The molecule has 2 N–H and O–H groups in total. The van der Waals surface area contributed by atoms with Gasteiger partial charge >= 0.3 is 0 Å². The summed E-state index contributed by atoms with van der Waals surface area (Å²) in [5.74, 6) is 0.132. The van der Waals surface area contributed by atoms with Crippen molar-refractivity contribution in [1.82, 2.24) is 4.98 Å². The second-order valence-corrected chi connectivity index (χ2v) is 5.09. The minimum Gasteiger partial charge on any atom is -0.494 e. The molecule has 0 spiro atoms. The van der Waals surface area contributed by atoms with Crippen molar-refractivity contribution in [3.8, 4) is 5.88 Å². The van der Waals surface area contributed by atoms with Crippen LogP contribution in [0, 0.1) is 0 Å². The number of aromatic amines is 1. The summed E-state index contributed by atoms with van der Waals surface area (Å²) < 4.78 is 0.966. The van der Waals surface area contributed by atoms with E-state index in [0.29, 0.717) is 5.56 Å². The molecule has 0 atom stereocenters. The summed E-state index contributed by atoms with van der Waals surface area (Å²) in [5.41, 5.74) is 2.43. The first-order valence-electron chi connectivity index (χ1n) is 5.83. The SMILES string of the molecule is Oc1[nH]c2ccc(Br)cc2c1C=Nc1ccccc1. The van der Waals surface area contributed by atoms with E-state index in [0.717, 1.165) is 21.1 Å². The average Bonchev–Trinajstić information content (AvgIpc) is 2.73. The van der Waals surface area contributed by atoms with Gasteiger partial charge in [-0.2, -0.15) is 0 Å². The van der Waals surface area contributed by atoms with E-state index in [1.807, 2.05) is 48.5 Å². The van der Waals surface area contributed by atoms with Gasteiger partial charge in [-0.25, -0.2) is 0 Å². The number of aromatic nitrogens is 1. The molecule has 0 unspecified atom stereocenters. The van der Waals surface area contributed by atoms with E-state index in [-0.39, 0.29) is 5.88 Å². The maximum absolute atomic E-state index is 9.94. The fourth-order valence-corrected chi connectivity index (χ4v) is 2.32. The quantitative estimate of drug-likeness (QED) is 0.677. The van der Waals surface area contributed by atoms with Crippen molar-refractivity contribution in [3.63, 3.8) is 0 Å². The molecule has 0 aliphatic rings. The van der Waals surface area contributed by atoms with Crippen molar-refractivity contribution in [2.24, 2.45) is 4.99 Å². The third-order valence-electron chi connectivity index (χ3n) is 2.88. The lowest BCUT2D eigenvalue weighted by Gasteiger charge is -1.94. The number of nitrogens with zero attached hydrogens (tertiary/aromatic N) is 1. The van der Waals surface area contributed by atoms with Gasteiger partial charge in [0.2, 0.25) is 0 Å². The molecule has 0 fully saturated rings. The molecule has 94 valence electrons. The molecule has 2 aromatic carbocycles. The molecule has 1 heterocycles. The molecule has 3 nitrogen and oxygen atoms in total. The summed E-state index contributed by atoms with van der Waals surface area (Å²) in [6.07, 6.45) is 1.68. The number of para-hydroxylation sites is 1. The van der Waals surface area contributed by atoms with Crippen molar-refractivity contribution < 1.29 is 5.11 Å². The fraction of sp³-hybridized carbons (Fsp3) is 0. The summed E-state index contributed by atoms with van der Waals surface area (Å²) in [5, 5.41) is 10.9. The van der Waals surface area contributed by atoms with E-state index in [9.17, 15) is 5.11 Å². The Hall–Kier alpha value is -2.07. The second-order valence-electron chi connectivity index (χ2n) is 4.17. The van der Waals surface area contributed by atoms with E-state index in [1.165, 1.54) is 0 Å². The van der Waals surface area contributed by atoms with Gasteiger partial charge in [0.25, 0.3) is 0 Å². The molecule has 0 saturated heterocycles. The molecule has 0 radical (unpaired) electrons. The van der Waals surface area contributed by atoms with Gasteiger partial charge in [0.15, 0.2) is 5.88 Å². The third kappa shape index (κ3) is 2.39. The van der Waals surface area contributed by atoms with Crippen LogP contribution in [-0.2, 0) is 0 Å². The number of rotatable bonds is 2. The molecule has 3 aromatic rings.